The average molecular weight is 346 g/mol. The van der Waals surface area contributed by atoms with Crippen LogP contribution in [-0.4, -0.2) is 11.8 Å². The molecule has 5 nitrogen and oxygen atoms in total. The average Bonchev–Trinajstić information content (AvgIpc) is 2.67. The Labute approximate surface area is 151 Å². The summed E-state index contributed by atoms with van der Waals surface area (Å²) in [5, 5.41) is 0. The summed E-state index contributed by atoms with van der Waals surface area (Å²) in [6.45, 7) is 1.83. The molecule has 0 saturated carbocycles. The molecule has 0 aliphatic carbocycles. The second kappa shape index (κ2) is 7.98. The number of hydrogen-bond acceptors (Lipinski definition) is 3. The van der Waals surface area contributed by atoms with Crippen LogP contribution in [-0.2, 0) is 0 Å². The predicted octanol–water partition coefficient (Wildman–Crippen LogP) is 3.86. The number of benzene rings is 3. The van der Waals surface area contributed by atoms with Gasteiger partial charge in [-0.3, -0.25) is 20.4 Å². The number of carbonyl (C=O) groups is 2. The molecule has 3 aromatic rings. The molecule has 0 aromatic heterocycles. The molecule has 2 N–H and O–H groups in total. The standard InChI is InChI=1S/C21H18N2O3/c1-15-8-5-6-13-19(15)21(25)23-22-20(24)16-9-7-12-18(14-16)26-17-10-3-2-4-11-17/h2-14H,1H3,(H,22,24)(H,23,25). The maximum absolute atomic E-state index is 12.3. The molecule has 2 amide bonds. The van der Waals surface area contributed by atoms with Crippen LogP contribution in [0.25, 0.3) is 0 Å². The summed E-state index contributed by atoms with van der Waals surface area (Å²) in [6, 6.07) is 23.2. The zero-order valence-corrected chi connectivity index (χ0v) is 14.2. The van der Waals surface area contributed by atoms with Gasteiger partial charge in [0.25, 0.3) is 11.8 Å². The van der Waals surface area contributed by atoms with Gasteiger partial charge in [-0.05, 0) is 48.9 Å². The summed E-state index contributed by atoms with van der Waals surface area (Å²) in [7, 11) is 0. The number of para-hydroxylation sites is 1. The summed E-state index contributed by atoms with van der Waals surface area (Å²) in [6.07, 6.45) is 0. The van der Waals surface area contributed by atoms with Crippen LogP contribution in [0.3, 0.4) is 0 Å². The van der Waals surface area contributed by atoms with E-state index >= 15 is 0 Å². The third-order valence-electron chi connectivity index (χ3n) is 3.75. The highest BCUT2D eigenvalue weighted by molar-refractivity contribution is 5.99. The van der Waals surface area contributed by atoms with E-state index in [9.17, 15) is 9.59 Å². The van der Waals surface area contributed by atoms with E-state index in [4.69, 9.17) is 4.74 Å². The van der Waals surface area contributed by atoms with Crippen molar-refractivity contribution in [3.05, 3.63) is 95.6 Å². The van der Waals surface area contributed by atoms with Gasteiger partial charge in [0.2, 0.25) is 0 Å². The highest BCUT2D eigenvalue weighted by Gasteiger charge is 2.11. The van der Waals surface area contributed by atoms with Crippen molar-refractivity contribution < 1.29 is 14.3 Å². The largest absolute Gasteiger partial charge is 0.457 e. The predicted molar refractivity (Wildman–Crippen MR) is 99.1 cm³/mol. The molecule has 0 saturated heterocycles. The third kappa shape index (κ3) is 4.27. The van der Waals surface area contributed by atoms with Gasteiger partial charge >= 0.3 is 0 Å². The Balaban J connectivity index is 1.64. The SMILES string of the molecule is Cc1ccccc1C(=O)NNC(=O)c1cccc(Oc2ccccc2)c1. The molecule has 0 fully saturated rings. The Bertz CT molecular complexity index is 923. The molecular formula is C21H18N2O3. The molecule has 0 aliphatic heterocycles. The highest BCUT2D eigenvalue weighted by Crippen LogP contribution is 2.21. The van der Waals surface area contributed by atoms with E-state index in [0.717, 1.165) is 5.56 Å². The number of aryl methyl sites for hydroxylation is 1. The van der Waals surface area contributed by atoms with Crippen LogP contribution in [0.15, 0.2) is 78.9 Å². The summed E-state index contributed by atoms with van der Waals surface area (Å²) < 4.78 is 5.71. The number of carbonyl (C=O) groups excluding carboxylic acids is 2. The zero-order valence-electron chi connectivity index (χ0n) is 14.2. The monoisotopic (exact) mass is 346 g/mol. The van der Waals surface area contributed by atoms with Crippen molar-refractivity contribution in [2.75, 3.05) is 0 Å². The van der Waals surface area contributed by atoms with E-state index < -0.39 is 5.91 Å². The fourth-order valence-electron chi connectivity index (χ4n) is 2.41. The molecule has 3 aromatic carbocycles. The van der Waals surface area contributed by atoms with Crippen LogP contribution in [0.5, 0.6) is 11.5 Å². The lowest BCUT2D eigenvalue weighted by Crippen LogP contribution is -2.41. The topological polar surface area (TPSA) is 67.4 Å². The van der Waals surface area contributed by atoms with E-state index in [1.165, 1.54) is 0 Å². The van der Waals surface area contributed by atoms with Crippen molar-refractivity contribution in [2.45, 2.75) is 6.92 Å². The highest BCUT2D eigenvalue weighted by atomic mass is 16.5. The number of hydrazine groups is 1. The molecule has 0 unspecified atom stereocenters. The first kappa shape index (κ1) is 17.2. The minimum atomic E-state index is -0.426. The third-order valence-corrected chi connectivity index (χ3v) is 3.75. The Kier molecular flexibility index (Phi) is 5.29. The van der Waals surface area contributed by atoms with E-state index in [0.29, 0.717) is 22.6 Å². The molecule has 0 bridgehead atoms. The second-order valence-corrected chi connectivity index (χ2v) is 5.67. The van der Waals surface area contributed by atoms with E-state index in [-0.39, 0.29) is 5.91 Å². The number of amides is 2. The van der Waals surface area contributed by atoms with Gasteiger partial charge in [0.1, 0.15) is 11.5 Å². The van der Waals surface area contributed by atoms with Gasteiger partial charge in [-0.15, -0.1) is 0 Å². The van der Waals surface area contributed by atoms with Gasteiger partial charge in [-0.2, -0.15) is 0 Å². The van der Waals surface area contributed by atoms with Crippen LogP contribution in [0, 0.1) is 6.92 Å². The molecule has 0 radical (unpaired) electrons. The number of nitrogens with one attached hydrogen (secondary N) is 2. The first-order valence-electron chi connectivity index (χ1n) is 8.13. The molecule has 130 valence electrons. The first-order chi connectivity index (χ1) is 12.6. The lowest BCUT2D eigenvalue weighted by Gasteiger charge is -2.10. The number of hydrogen-bond donors (Lipinski definition) is 2. The molecule has 0 aliphatic rings. The Morgan fingerprint density at radius 2 is 1.38 bits per heavy atom. The summed E-state index contributed by atoms with van der Waals surface area (Å²) >= 11 is 0. The van der Waals surface area contributed by atoms with Crippen molar-refractivity contribution >= 4 is 11.8 Å². The molecular weight excluding hydrogens is 328 g/mol. The molecule has 3 rings (SSSR count). The van der Waals surface area contributed by atoms with Gasteiger partial charge in [-0.1, -0.05) is 42.5 Å². The minimum absolute atomic E-state index is 0.367. The molecule has 5 heteroatoms. The van der Waals surface area contributed by atoms with Crippen molar-refractivity contribution in [1.29, 1.82) is 0 Å². The Morgan fingerprint density at radius 3 is 2.15 bits per heavy atom. The normalized spacial score (nSPS) is 10.0. The number of ether oxygens (including phenoxy) is 1. The molecule has 0 atom stereocenters. The van der Waals surface area contributed by atoms with Crippen LogP contribution in [0.1, 0.15) is 26.3 Å². The van der Waals surface area contributed by atoms with Crippen molar-refractivity contribution in [2.24, 2.45) is 0 Å². The quantitative estimate of drug-likeness (QED) is 0.705. The van der Waals surface area contributed by atoms with Crippen LogP contribution < -0.4 is 15.6 Å². The zero-order chi connectivity index (χ0) is 18.4. The molecule has 26 heavy (non-hydrogen) atoms. The maximum atomic E-state index is 12.3. The van der Waals surface area contributed by atoms with E-state index in [1.807, 2.05) is 49.4 Å². The van der Waals surface area contributed by atoms with E-state index in [2.05, 4.69) is 10.9 Å². The second-order valence-electron chi connectivity index (χ2n) is 5.67. The number of rotatable bonds is 4. The smallest absolute Gasteiger partial charge is 0.269 e. The van der Waals surface area contributed by atoms with Crippen molar-refractivity contribution in [1.82, 2.24) is 10.9 Å². The molecule has 0 spiro atoms. The first-order valence-corrected chi connectivity index (χ1v) is 8.13. The fraction of sp³-hybridized carbons (Fsp3) is 0.0476. The van der Waals surface area contributed by atoms with Crippen molar-refractivity contribution in [3.63, 3.8) is 0 Å². The van der Waals surface area contributed by atoms with Crippen LogP contribution in [0.2, 0.25) is 0 Å². The van der Waals surface area contributed by atoms with Gasteiger partial charge in [0.05, 0.1) is 0 Å². The van der Waals surface area contributed by atoms with Gasteiger partial charge in [0, 0.05) is 11.1 Å². The minimum Gasteiger partial charge on any atom is -0.457 e. The summed E-state index contributed by atoms with van der Waals surface area (Å²) in [4.78, 5) is 24.4. The molecule has 0 heterocycles. The van der Waals surface area contributed by atoms with Crippen LogP contribution >= 0.6 is 0 Å². The van der Waals surface area contributed by atoms with Gasteiger partial charge < -0.3 is 4.74 Å². The van der Waals surface area contributed by atoms with Gasteiger partial charge in [0.15, 0.2) is 0 Å². The van der Waals surface area contributed by atoms with Crippen LogP contribution in [0.4, 0.5) is 0 Å². The van der Waals surface area contributed by atoms with Crippen molar-refractivity contribution in [3.8, 4) is 11.5 Å². The van der Waals surface area contributed by atoms with E-state index in [1.54, 1.807) is 36.4 Å². The Hall–Kier alpha value is -3.60. The lowest BCUT2D eigenvalue weighted by molar-refractivity contribution is 0.0846. The Morgan fingerprint density at radius 1 is 0.731 bits per heavy atom. The summed E-state index contributed by atoms with van der Waals surface area (Å²) in [5.41, 5.74) is 6.57. The lowest BCUT2D eigenvalue weighted by atomic mass is 10.1. The maximum Gasteiger partial charge on any atom is 0.269 e. The fourth-order valence-corrected chi connectivity index (χ4v) is 2.41. The summed E-state index contributed by atoms with van der Waals surface area (Å²) in [5.74, 6) is 0.422. The van der Waals surface area contributed by atoms with Gasteiger partial charge in [-0.25, -0.2) is 0 Å².